The molecule has 0 radical (unpaired) electrons. The van der Waals surface area contributed by atoms with Gasteiger partial charge in [0, 0.05) is 13.1 Å². The van der Waals surface area contributed by atoms with Crippen LogP contribution in [0.4, 0.5) is 0 Å². The highest BCUT2D eigenvalue weighted by Gasteiger charge is 2.27. The standard InChI is InChI=1S/C20H30N2O/c1-15-8-3-6-12-18(15)21-14-20(23)22(2)19-13-7-10-16-9-4-5-11-17(16)19/h4-5,9,11,15,18-19,21H,3,6-8,10,12-14H2,1-2H3. The van der Waals surface area contributed by atoms with E-state index in [-0.39, 0.29) is 11.9 Å². The van der Waals surface area contributed by atoms with Crippen molar-refractivity contribution < 1.29 is 4.79 Å². The molecule has 1 fully saturated rings. The summed E-state index contributed by atoms with van der Waals surface area (Å²) in [5, 5.41) is 3.52. The quantitative estimate of drug-likeness (QED) is 0.919. The number of benzene rings is 1. The molecule has 2 aliphatic rings. The van der Waals surface area contributed by atoms with Crippen molar-refractivity contribution in [1.29, 1.82) is 0 Å². The predicted molar refractivity (Wildman–Crippen MR) is 94.3 cm³/mol. The Bertz CT molecular complexity index is 542. The lowest BCUT2D eigenvalue weighted by Crippen LogP contribution is -2.45. The molecule has 23 heavy (non-hydrogen) atoms. The first kappa shape index (κ1) is 16.5. The number of hydrogen-bond acceptors (Lipinski definition) is 2. The average molecular weight is 314 g/mol. The van der Waals surface area contributed by atoms with Gasteiger partial charge in [-0.1, -0.05) is 44.0 Å². The summed E-state index contributed by atoms with van der Waals surface area (Å²) < 4.78 is 0. The third-order valence-corrected chi connectivity index (χ3v) is 5.83. The lowest BCUT2D eigenvalue weighted by molar-refractivity contribution is -0.131. The summed E-state index contributed by atoms with van der Waals surface area (Å²) in [6.45, 7) is 2.78. The second kappa shape index (κ2) is 7.48. The van der Waals surface area contributed by atoms with Gasteiger partial charge in [0.2, 0.25) is 5.91 Å². The molecule has 0 saturated heterocycles. The maximum atomic E-state index is 12.7. The predicted octanol–water partition coefficient (Wildman–Crippen LogP) is 3.69. The van der Waals surface area contributed by atoms with Crippen LogP contribution in [0.2, 0.25) is 0 Å². The van der Waals surface area contributed by atoms with Gasteiger partial charge in [-0.3, -0.25) is 4.79 Å². The first-order valence-electron chi connectivity index (χ1n) is 9.23. The molecule has 0 bridgehead atoms. The Morgan fingerprint density at radius 1 is 1.17 bits per heavy atom. The van der Waals surface area contributed by atoms with E-state index in [1.165, 1.54) is 43.2 Å². The van der Waals surface area contributed by atoms with Crippen molar-refractivity contribution in [2.24, 2.45) is 5.92 Å². The van der Waals surface area contributed by atoms with E-state index in [1.54, 1.807) is 0 Å². The van der Waals surface area contributed by atoms with Gasteiger partial charge in [-0.25, -0.2) is 0 Å². The van der Waals surface area contributed by atoms with E-state index in [0.29, 0.717) is 18.5 Å². The summed E-state index contributed by atoms with van der Waals surface area (Å²) in [5.41, 5.74) is 2.76. The largest absolute Gasteiger partial charge is 0.338 e. The lowest BCUT2D eigenvalue weighted by atomic mass is 9.86. The molecule has 0 spiro atoms. The maximum absolute atomic E-state index is 12.7. The van der Waals surface area contributed by atoms with Crippen molar-refractivity contribution in [2.45, 2.75) is 64.0 Å². The second-order valence-corrected chi connectivity index (χ2v) is 7.36. The number of nitrogens with one attached hydrogen (secondary N) is 1. The molecule has 3 rings (SSSR count). The zero-order valence-corrected chi connectivity index (χ0v) is 14.6. The molecule has 1 amide bonds. The highest BCUT2D eigenvalue weighted by Crippen LogP contribution is 2.33. The molecule has 0 heterocycles. The smallest absolute Gasteiger partial charge is 0.236 e. The van der Waals surface area contributed by atoms with Crippen molar-refractivity contribution in [1.82, 2.24) is 10.2 Å². The number of rotatable bonds is 4. The van der Waals surface area contributed by atoms with Crippen molar-refractivity contribution in [3.05, 3.63) is 35.4 Å². The fraction of sp³-hybridized carbons (Fsp3) is 0.650. The summed E-state index contributed by atoms with van der Waals surface area (Å²) in [6.07, 6.45) is 8.54. The molecule has 3 atom stereocenters. The van der Waals surface area contributed by atoms with Crippen molar-refractivity contribution in [3.8, 4) is 0 Å². The Kier molecular flexibility index (Phi) is 5.37. The number of carbonyl (C=O) groups excluding carboxylic acids is 1. The van der Waals surface area contributed by atoms with E-state index < -0.39 is 0 Å². The van der Waals surface area contributed by atoms with Crippen LogP contribution in [-0.4, -0.2) is 30.4 Å². The highest BCUT2D eigenvalue weighted by molar-refractivity contribution is 5.78. The molecular formula is C20H30N2O. The van der Waals surface area contributed by atoms with Crippen LogP contribution in [0.1, 0.15) is 62.6 Å². The van der Waals surface area contributed by atoms with E-state index in [0.717, 1.165) is 12.8 Å². The van der Waals surface area contributed by atoms with Gasteiger partial charge < -0.3 is 10.2 Å². The van der Waals surface area contributed by atoms with Gasteiger partial charge in [-0.15, -0.1) is 0 Å². The molecular weight excluding hydrogens is 284 g/mol. The Labute approximate surface area is 140 Å². The van der Waals surface area contributed by atoms with E-state index in [4.69, 9.17) is 0 Å². The lowest BCUT2D eigenvalue weighted by Gasteiger charge is -2.34. The fourth-order valence-corrected chi connectivity index (χ4v) is 4.27. The minimum Gasteiger partial charge on any atom is -0.338 e. The van der Waals surface area contributed by atoms with Crippen LogP contribution in [0, 0.1) is 5.92 Å². The zero-order chi connectivity index (χ0) is 16.2. The van der Waals surface area contributed by atoms with Gasteiger partial charge in [0.15, 0.2) is 0 Å². The number of amides is 1. The molecule has 126 valence electrons. The van der Waals surface area contributed by atoms with Crippen LogP contribution in [0.25, 0.3) is 0 Å². The molecule has 1 N–H and O–H groups in total. The van der Waals surface area contributed by atoms with Crippen LogP contribution >= 0.6 is 0 Å². The summed E-state index contributed by atoms with van der Waals surface area (Å²) >= 11 is 0. The third-order valence-electron chi connectivity index (χ3n) is 5.83. The number of carbonyl (C=O) groups is 1. The summed E-state index contributed by atoms with van der Waals surface area (Å²) in [7, 11) is 1.97. The number of likely N-dealkylation sites (N-methyl/N-ethyl adjacent to an activating group) is 1. The molecule has 0 aromatic heterocycles. The molecule has 2 aliphatic carbocycles. The number of nitrogens with zero attached hydrogens (tertiary/aromatic N) is 1. The average Bonchev–Trinajstić information content (AvgIpc) is 2.59. The van der Waals surface area contributed by atoms with E-state index >= 15 is 0 Å². The van der Waals surface area contributed by atoms with Gasteiger partial charge in [-0.05, 0) is 49.1 Å². The highest BCUT2D eigenvalue weighted by atomic mass is 16.2. The topological polar surface area (TPSA) is 32.3 Å². The van der Waals surface area contributed by atoms with Crippen LogP contribution in [-0.2, 0) is 11.2 Å². The van der Waals surface area contributed by atoms with E-state index in [9.17, 15) is 4.79 Å². The van der Waals surface area contributed by atoms with Crippen LogP contribution in [0.15, 0.2) is 24.3 Å². The Balaban J connectivity index is 1.59. The summed E-state index contributed by atoms with van der Waals surface area (Å²) in [5.74, 6) is 0.918. The fourth-order valence-electron chi connectivity index (χ4n) is 4.27. The van der Waals surface area contributed by atoms with Crippen molar-refractivity contribution >= 4 is 5.91 Å². The van der Waals surface area contributed by atoms with Crippen molar-refractivity contribution in [3.63, 3.8) is 0 Å². The maximum Gasteiger partial charge on any atom is 0.236 e. The summed E-state index contributed by atoms with van der Waals surface area (Å²) in [6, 6.07) is 9.37. The molecule has 3 nitrogen and oxygen atoms in total. The van der Waals surface area contributed by atoms with E-state index in [1.807, 2.05) is 11.9 Å². The van der Waals surface area contributed by atoms with E-state index in [2.05, 4.69) is 36.5 Å². The van der Waals surface area contributed by atoms with Gasteiger partial charge in [0.05, 0.1) is 12.6 Å². The number of aryl methyl sites for hydroxylation is 1. The second-order valence-electron chi connectivity index (χ2n) is 7.36. The molecule has 1 aromatic carbocycles. The van der Waals surface area contributed by atoms with Gasteiger partial charge in [0.25, 0.3) is 0 Å². The molecule has 3 heteroatoms. The van der Waals surface area contributed by atoms with Crippen LogP contribution in [0.3, 0.4) is 0 Å². The third kappa shape index (κ3) is 3.77. The molecule has 1 aromatic rings. The molecule has 3 unspecified atom stereocenters. The van der Waals surface area contributed by atoms with Crippen molar-refractivity contribution in [2.75, 3.05) is 13.6 Å². The molecule has 1 saturated carbocycles. The van der Waals surface area contributed by atoms with Crippen LogP contribution < -0.4 is 5.32 Å². The van der Waals surface area contributed by atoms with Gasteiger partial charge in [-0.2, -0.15) is 0 Å². The Morgan fingerprint density at radius 2 is 1.96 bits per heavy atom. The SMILES string of the molecule is CC1CCCCC1NCC(=O)N(C)C1CCCc2ccccc21. The minimum absolute atomic E-state index is 0.226. The summed E-state index contributed by atoms with van der Waals surface area (Å²) in [4.78, 5) is 14.6. The Morgan fingerprint density at radius 3 is 2.78 bits per heavy atom. The molecule has 0 aliphatic heterocycles. The Hall–Kier alpha value is -1.35. The first-order valence-corrected chi connectivity index (χ1v) is 9.23. The number of hydrogen-bond donors (Lipinski definition) is 1. The first-order chi connectivity index (χ1) is 11.2. The normalized spacial score (nSPS) is 27.3. The monoisotopic (exact) mass is 314 g/mol. The van der Waals surface area contributed by atoms with Crippen LogP contribution in [0.5, 0.6) is 0 Å². The minimum atomic E-state index is 0.226. The number of fused-ring (bicyclic) bond motifs is 1. The van der Waals surface area contributed by atoms with Gasteiger partial charge >= 0.3 is 0 Å². The van der Waals surface area contributed by atoms with Gasteiger partial charge in [0.1, 0.15) is 0 Å². The zero-order valence-electron chi connectivity index (χ0n) is 14.6.